The lowest BCUT2D eigenvalue weighted by Gasteiger charge is -2.20. The first-order valence-electron chi connectivity index (χ1n) is 8.76. The number of carbonyl (C=O) groups excluding carboxylic acids is 1. The second-order valence-corrected chi connectivity index (χ2v) is 7.33. The number of hydrazone groups is 1. The summed E-state index contributed by atoms with van der Waals surface area (Å²) < 4.78 is 57.6. The van der Waals surface area contributed by atoms with Crippen molar-refractivity contribution < 1.29 is 27.1 Å². The lowest BCUT2D eigenvalue weighted by Crippen LogP contribution is -2.35. The van der Waals surface area contributed by atoms with Crippen LogP contribution in [0.3, 0.4) is 0 Å². The molecule has 158 valence electrons. The van der Waals surface area contributed by atoms with E-state index in [0.717, 1.165) is 0 Å². The van der Waals surface area contributed by atoms with E-state index >= 15 is 0 Å². The first-order chi connectivity index (χ1) is 14.7. The number of fused-ring (bicyclic) bond motifs is 1. The van der Waals surface area contributed by atoms with E-state index in [4.69, 9.17) is 10.1 Å². The highest BCUT2D eigenvalue weighted by molar-refractivity contribution is 8.27. The molecule has 2 aromatic rings. The largest absolute Gasteiger partial charge is 0.488 e. The van der Waals surface area contributed by atoms with Crippen LogP contribution in [0.25, 0.3) is 6.08 Å². The highest BCUT2D eigenvalue weighted by Crippen LogP contribution is 2.35. The Balaban J connectivity index is 1.60. The third kappa shape index (κ3) is 4.36. The van der Waals surface area contributed by atoms with Crippen LogP contribution in [0.1, 0.15) is 11.1 Å². The minimum absolute atomic E-state index is 0.121. The molecule has 2 heterocycles. The summed E-state index contributed by atoms with van der Waals surface area (Å²) in [6.07, 6.45) is -3.39. The second-order valence-electron chi connectivity index (χ2n) is 6.38. The van der Waals surface area contributed by atoms with Crippen LogP contribution in [-0.2, 0) is 11.4 Å². The number of amidine groups is 2. The molecule has 2 aliphatic rings. The summed E-state index contributed by atoms with van der Waals surface area (Å²) >= 11 is 0.188. The number of benzene rings is 2. The summed E-state index contributed by atoms with van der Waals surface area (Å²) in [6, 6.07) is 12.4. The van der Waals surface area contributed by atoms with Gasteiger partial charge in [-0.2, -0.15) is 28.3 Å². The van der Waals surface area contributed by atoms with Gasteiger partial charge in [0.1, 0.15) is 18.2 Å². The van der Waals surface area contributed by atoms with Gasteiger partial charge >= 0.3 is 6.18 Å². The number of ether oxygens (including phenoxy) is 1. The Morgan fingerprint density at radius 1 is 1.13 bits per heavy atom. The molecule has 2 aliphatic heterocycles. The number of thioether (sulfide) groups is 1. The number of hydrogen-bond donors (Lipinski definition) is 1. The summed E-state index contributed by atoms with van der Waals surface area (Å²) in [6.45, 7) is 0.121. The summed E-state index contributed by atoms with van der Waals surface area (Å²) in [4.78, 5) is 16.0. The monoisotopic (exact) mass is 448 g/mol. The number of alkyl halides is 3. The number of amides is 1. The van der Waals surface area contributed by atoms with Gasteiger partial charge in [0.05, 0.1) is 5.57 Å². The van der Waals surface area contributed by atoms with Crippen molar-refractivity contribution in [2.45, 2.75) is 12.8 Å². The molecule has 0 saturated heterocycles. The van der Waals surface area contributed by atoms with Gasteiger partial charge < -0.3 is 4.74 Å². The molecule has 1 amide bonds. The van der Waals surface area contributed by atoms with E-state index in [-0.39, 0.29) is 34.9 Å². The van der Waals surface area contributed by atoms with Crippen molar-refractivity contribution in [1.29, 1.82) is 5.41 Å². The smallest absolute Gasteiger partial charge is 0.441 e. The molecule has 0 bridgehead atoms. The predicted molar refractivity (Wildman–Crippen MR) is 108 cm³/mol. The van der Waals surface area contributed by atoms with E-state index in [1.807, 2.05) is 0 Å². The first kappa shape index (κ1) is 20.8. The normalized spacial score (nSPS) is 17.5. The van der Waals surface area contributed by atoms with E-state index in [1.54, 1.807) is 36.4 Å². The fourth-order valence-corrected chi connectivity index (χ4v) is 3.49. The average Bonchev–Trinajstić information content (AvgIpc) is 3.16. The molecule has 1 N–H and O–H groups in total. The molecule has 0 atom stereocenters. The molecule has 0 aliphatic carbocycles. The first-order valence-corrected chi connectivity index (χ1v) is 9.58. The third-order valence-corrected chi connectivity index (χ3v) is 5.18. The van der Waals surface area contributed by atoms with E-state index in [9.17, 15) is 22.4 Å². The van der Waals surface area contributed by atoms with Gasteiger partial charge in [0.25, 0.3) is 5.91 Å². The van der Waals surface area contributed by atoms with Crippen molar-refractivity contribution in [3.05, 3.63) is 71.0 Å². The Morgan fingerprint density at radius 3 is 2.55 bits per heavy atom. The van der Waals surface area contributed by atoms with Crippen LogP contribution in [0.2, 0.25) is 0 Å². The third-order valence-electron chi connectivity index (χ3n) is 4.22. The molecule has 0 saturated carbocycles. The van der Waals surface area contributed by atoms with Crippen molar-refractivity contribution in [3.63, 3.8) is 0 Å². The number of carbonyl (C=O) groups is 1. The van der Waals surface area contributed by atoms with Gasteiger partial charge in [-0.3, -0.25) is 10.2 Å². The highest BCUT2D eigenvalue weighted by Gasteiger charge is 2.46. The Hall–Kier alpha value is -3.47. The van der Waals surface area contributed by atoms with Crippen molar-refractivity contribution in [3.8, 4) is 5.75 Å². The Morgan fingerprint density at radius 2 is 1.84 bits per heavy atom. The zero-order valence-electron chi connectivity index (χ0n) is 15.5. The van der Waals surface area contributed by atoms with Gasteiger partial charge in [-0.15, -0.1) is 0 Å². The van der Waals surface area contributed by atoms with Crippen LogP contribution in [0, 0.1) is 11.2 Å². The van der Waals surface area contributed by atoms with Crippen LogP contribution in [0.4, 0.5) is 17.6 Å². The predicted octanol–water partition coefficient (Wildman–Crippen LogP) is 4.59. The molecule has 0 unspecified atom stereocenters. The molecular weight excluding hydrogens is 436 g/mol. The molecule has 6 nitrogen and oxygen atoms in total. The fourth-order valence-electron chi connectivity index (χ4n) is 2.74. The number of hydrogen-bond acceptors (Lipinski definition) is 5. The number of para-hydroxylation sites is 1. The molecular formula is C20H12F4N4O2S. The number of rotatable bonds is 4. The van der Waals surface area contributed by atoms with Gasteiger partial charge in [0.15, 0.2) is 5.84 Å². The number of nitrogens with one attached hydrogen (secondary N) is 1. The van der Waals surface area contributed by atoms with E-state index < -0.39 is 23.0 Å². The minimum Gasteiger partial charge on any atom is -0.488 e. The van der Waals surface area contributed by atoms with Crippen LogP contribution in [0.5, 0.6) is 5.75 Å². The zero-order valence-corrected chi connectivity index (χ0v) is 16.3. The van der Waals surface area contributed by atoms with Crippen molar-refractivity contribution in [2.75, 3.05) is 0 Å². The number of nitrogens with zero attached hydrogens (tertiary/aromatic N) is 3. The molecule has 0 radical (unpaired) electrons. The van der Waals surface area contributed by atoms with E-state index in [1.165, 1.54) is 18.2 Å². The van der Waals surface area contributed by atoms with Crippen molar-refractivity contribution in [2.24, 2.45) is 10.1 Å². The average molecular weight is 448 g/mol. The molecule has 31 heavy (non-hydrogen) atoms. The summed E-state index contributed by atoms with van der Waals surface area (Å²) in [5, 5.41) is 10.7. The van der Waals surface area contributed by atoms with E-state index in [2.05, 4.69) is 10.1 Å². The Bertz CT molecular complexity index is 1160. The van der Waals surface area contributed by atoms with Gasteiger partial charge in [-0.25, -0.2) is 4.39 Å². The number of aliphatic imine (C=N–C) groups is 1. The highest BCUT2D eigenvalue weighted by atomic mass is 32.2. The zero-order chi connectivity index (χ0) is 22.2. The van der Waals surface area contributed by atoms with Crippen molar-refractivity contribution in [1.82, 2.24) is 5.01 Å². The molecule has 2 aromatic carbocycles. The van der Waals surface area contributed by atoms with Gasteiger partial charge in [-0.1, -0.05) is 30.3 Å². The fraction of sp³-hybridized carbons (Fsp3) is 0.100. The lowest BCUT2D eigenvalue weighted by atomic mass is 10.1. The van der Waals surface area contributed by atoms with Gasteiger partial charge in [0, 0.05) is 5.56 Å². The molecule has 4 rings (SSSR count). The maximum atomic E-state index is 13.0. The standard InChI is InChI=1S/C20H12F4N4O2S/c21-13-7-5-11(6-8-13)10-30-15-4-2-1-3-12(15)9-14-16(25)28-19(26-17(14)29)31-18(27-28)20(22,23)24/h1-9,25H,10H2. The van der Waals surface area contributed by atoms with Crippen LogP contribution < -0.4 is 4.74 Å². The van der Waals surface area contributed by atoms with E-state index in [0.29, 0.717) is 21.9 Å². The maximum Gasteiger partial charge on any atom is 0.441 e. The lowest BCUT2D eigenvalue weighted by molar-refractivity contribution is -0.114. The van der Waals surface area contributed by atoms with Crippen LogP contribution in [-0.4, -0.2) is 33.1 Å². The van der Waals surface area contributed by atoms with Gasteiger partial charge in [0.2, 0.25) is 10.2 Å². The summed E-state index contributed by atoms with van der Waals surface area (Å²) in [7, 11) is 0. The maximum absolute atomic E-state index is 13.0. The SMILES string of the molecule is N=C1C(=Cc2ccccc2OCc2ccc(F)cc2)C(=O)N=C2SC(C(F)(F)F)=NN12. The Kier molecular flexibility index (Phi) is 5.36. The molecule has 11 heteroatoms. The molecule has 0 spiro atoms. The van der Waals surface area contributed by atoms with Crippen LogP contribution >= 0.6 is 11.8 Å². The van der Waals surface area contributed by atoms with Crippen molar-refractivity contribution >= 4 is 39.8 Å². The second kappa shape index (κ2) is 7.99. The summed E-state index contributed by atoms with van der Waals surface area (Å²) in [5.74, 6) is -1.38. The minimum atomic E-state index is -4.71. The molecule has 0 fully saturated rings. The number of halogens is 4. The Labute approximate surface area is 177 Å². The van der Waals surface area contributed by atoms with Gasteiger partial charge in [-0.05, 0) is 41.6 Å². The quantitative estimate of drug-likeness (QED) is 0.549. The topological polar surface area (TPSA) is 78.1 Å². The van der Waals surface area contributed by atoms with Crippen LogP contribution in [0.15, 0.2) is 64.2 Å². The summed E-state index contributed by atoms with van der Waals surface area (Å²) in [5.41, 5.74) is 0.903. The molecule has 0 aromatic heterocycles.